The van der Waals surface area contributed by atoms with E-state index < -0.39 is 5.82 Å². The van der Waals surface area contributed by atoms with E-state index in [0.717, 1.165) is 0 Å². The van der Waals surface area contributed by atoms with Gasteiger partial charge in [0.05, 0.1) is 11.9 Å². The van der Waals surface area contributed by atoms with Gasteiger partial charge < -0.3 is 10.2 Å². The predicted molar refractivity (Wildman–Crippen MR) is 94.0 cm³/mol. The summed E-state index contributed by atoms with van der Waals surface area (Å²) in [4.78, 5) is 36.1. The summed E-state index contributed by atoms with van der Waals surface area (Å²) in [6.07, 6.45) is 4.76. The lowest BCUT2D eigenvalue weighted by Crippen LogP contribution is -2.49. The van der Waals surface area contributed by atoms with Crippen molar-refractivity contribution >= 4 is 17.5 Å². The summed E-state index contributed by atoms with van der Waals surface area (Å²) in [5, 5.41) is 2.58. The summed E-state index contributed by atoms with van der Waals surface area (Å²) >= 11 is 0. The Morgan fingerprint density at radius 2 is 1.88 bits per heavy atom. The Morgan fingerprint density at radius 1 is 1.12 bits per heavy atom. The van der Waals surface area contributed by atoms with Crippen LogP contribution in [0, 0.1) is 5.82 Å². The van der Waals surface area contributed by atoms with E-state index in [-0.39, 0.29) is 23.9 Å². The monoisotopic (exact) mass is 357 g/mol. The van der Waals surface area contributed by atoms with Gasteiger partial charge >= 0.3 is 0 Å². The van der Waals surface area contributed by atoms with Crippen LogP contribution >= 0.6 is 0 Å². The number of para-hydroxylation sites is 1. The molecule has 0 aliphatic carbocycles. The molecule has 26 heavy (non-hydrogen) atoms. The molecule has 7 nitrogen and oxygen atoms in total. The lowest BCUT2D eigenvalue weighted by atomic mass is 10.2. The van der Waals surface area contributed by atoms with Crippen LogP contribution in [0.4, 0.5) is 10.1 Å². The highest BCUT2D eigenvalue weighted by atomic mass is 19.1. The van der Waals surface area contributed by atoms with E-state index in [0.29, 0.717) is 38.4 Å². The summed E-state index contributed by atoms with van der Waals surface area (Å²) in [5.74, 6) is -0.805. The van der Waals surface area contributed by atoms with Crippen LogP contribution in [0.1, 0.15) is 16.9 Å². The number of nitrogens with zero attached hydrogens (tertiary/aromatic N) is 4. The average Bonchev–Trinajstić information content (AvgIpc) is 2.69. The van der Waals surface area contributed by atoms with Gasteiger partial charge in [0.2, 0.25) is 5.91 Å². The predicted octanol–water partition coefficient (Wildman–Crippen LogP) is 1.40. The lowest BCUT2D eigenvalue weighted by Gasteiger charge is -2.34. The topological polar surface area (TPSA) is 78.4 Å². The minimum atomic E-state index is -0.447. The summed E-state index contributed by atoms with van der Waals surface area (Å²) < 4.78 is 13.5. The van der Waals surface area contributed by atoms with Crippen molar-refractivity contribution < 1.29 is 14.0 Å². The Bertz CT molecular complexity index is 763. The summed E-state index contributed by atoms with van der Waals surface area (Å²) in [5.41, 5.74) is 0.530. The molecule has 2 heterocycles. The number of anilines is 1. The maximum Gasteiger partial charge on any atom is 0.274 e. The SMILES string of the molecule is O=C(CCN1CCN(C(=O)c2cnccn2)CC1)Nc1ccccc1F. The molecular weight excluding hydrogens is 337 g/mol. The zero-order valence-electron chi connectivity index (χ0n) is 14.3. The Hall–Kier alpha value is -2.87. The molecule has 136 valence electrons. The van der Waals surface area contributed by atoms with Crippen molar-refractivity contribution in [3.63, 3.8) is 0 Å². The maximum absolute atomic E-state index is 13.5. The third-order valence-corrected chi connectivity index (χ3v) is 4.24. The zero-order valence-corrected chi connectivity index (χ0v) is 14.3. The van der Waals surface area contributed by atoms with Crippen molar-refractivity contribution in [3.8, 4) is 0 Å². The van der Waals surface area contributed by atoms with Gasteiger partial charge in [-0.3, -0.25) is 19.5 Å². The highest BCUT2D eigenvalue weighted by molar-refractivity contribution is 5.92. The number of hydrogen-bond donors (Lipinski definition) is 1. The van der Waals surface area contributed by atoms with Crippen LogP contribution < -0.4 is 5.32 Å². The van der Waals surface area contributed by atoms with Crippen LogP contribution in [0.5, 0.6) is 0 Å². The molecule has 2 amide bonds. The average molecular weight is 357 g/mol. The van der Waals surface area contributed by atoms with Crippen LogP contribution in [0.2, 0.25) is 0 Å². The van der Waals surface area contributed by atoms with Crippen molar-refractivity contribution in [2.24, 2.45) is 0 Å². The number of rotatable bonds is 5. The molecular formula is C18H20FN5O2. The number of amides is 2. The Morgan fingerprint density at radius 3 is 2.58 bits per heavy atom. The quantitative estimate of drug-likeness (QED) is 0.875. The fourth-order valence-corrected chi connectivity index (χ4v) is 2.78. The number of carbonyl (C=O) groups excluding carboxylic acids is 2. The fourth-order valence-electron chi connectivity index (χ4n) is 2.78. The van der Waals surface area contributed by atoms with Crippen molar-refractivity contribution in [1.82, 2.24) is 19.8 Å². The molecule has 1 aromatic heterocycles. The second-order valence-corrected chi connectivity index (χ2v) is 6.00. The van der Waals surface area contributed by atoms with Crippen molar-refractivity contribution in [1.29, 1.82) is 0 Å². The third kappa shape index (κ3) is 4.60. The van der Waals surface area contributed by atoms with Gasteiger partial charge in [-0.25, -0.2) is 9.37 Å². The molecule has 0 unspecified atom stereocenters. The second-order valence-electron chi connectivity index (χ2n) is 6.00. The van der Waals surface area contributed by atoms with Crippen LogP contribution in [0.3, 0.4) is 0 Å². The summed E-state index contributed by atoms with van der Waals surface area (Å²) in [7, 11) is 0. The first kappa shape index (κ1) is 17.9. The van der Waals surface area contributed by atoms with E-state index in [1.165, 1.54) is 30.7 Å². The molecule has 1 fully saturated rings. The molecule has 1 aliphatic rings. The van der Waals surface area contributed by atoms with Gasteiger partial charge in [-0.15, -0.1) is 0 Å². The van der Waals surface area contributed by atoms with Gasteiger partial charge in [0, 0.05) is 51.5 Å². The zero-order chi connectivity index (χ0) is 18.4. The first-order valence-corrected chi connectivity index (χ1v) is 8.45. The van der Waals surface area contributed by atoms with Crippen LogP contribution in [-0.2, 0) is 4.79 Å². The number of halogens is 1. The second kappa shape index (κ2) is 8.48. The van der Waals surface area contributed by atoms with E-state index in [4.69, 9.17) is 0 Å². The van der Waals surface area contributed by atoms with Gasteiger partial charge in [0.25, 0.3) is 5.91 Å². The molecule has 2 aromatic rings. The Labute approximate surface area is 150 Å². The molecule has 0 bridgehead atoms. The summed E-state index contributed by atoms with van der Waals surface area (Å²) in [6.45, 7) is 3.07. The first-order valence-electron chi connectivity index (χ1n) is 8.45. The first-order chi connectivity index (χ1) is 12.6. The van der Waals surface area contributed by atoms with E-state index in [2.05, 4.69) is 20.2 Å². The van der Waals surface area contributed by atoms with Gasteiger partial charge in [-0.2, -0.15) is 0 Å². The number of carbonyl (C=O) groups is 2. The summed E-state index contributed by atoms with van der Waals surface area (Å²) in [6, 6.07) is 6.09. The maximum atomic E-state index is 13.5. The highest BCUT2D eigenvalue weighted by Crippen LogP contribution is 2.13. The molecule has 0 radical (unpaired) electrons. The van der Waals surface area contributed by atoms with E-state index in [9.17, 15) is 14.0 Å². The number of hydrogen-bond acceptors (Lipinski definition) is 5. The molecule has 1 aliphatic heterocycles. The van der Waals surface area contributed by atoms with Gasteiger partial charge in [0.15, 0.2) is 0 Å². The molecule has 3 rings (SSSR count). The molecule has 0 atom stereocenters. The molecule has 1 N–H and O–H groups in total. The van der Waals surface area contributed by atoms with Crippen LogP contribution in [-0.4, -0.2) is 64.3 Å². The smallest absolute Gasteiger partial charge is 0.274 e. The normalized spacial score (nSPS) is 14.9. The molecule has 8 heteroatoms. The number of piperazine rings is 1. The third-order valence-electron chi connectivity index (χ3n) is 4.24. The molecule has 0 saturated carbocycles. The van der Waals surface area contributed by atoms with Gasteiger partial charge in [0.1, 0.15) is 11.5 Å². The van der Waals surface area contributed by atoms with E-state index in [1.807, 2.05) is 0 Å². The Balaban J connectivity index is 1.42. The van der Waals surface area contributed by atoms with Crippen LogP contribution in [0.15, 0.2) is 42.9 Å². The van der Waals surface area contributed by atoms with Gasteiger partial charge in [-0.1, -0.05) is 12.1 Å². The van der Waals surface area contributed by atoms with Crippen molar-refractivity contribution in [2.75, 3.05) is 38.0 Å². The number of nitrogens with one attached hydrogen (secondary N) is 1. The standard InChI is InChI=1S/C18H20FN5O2/c19-14-3-1-2-4-15(14)22-17(25)5-8-23-9-11-24(12-10-23)18(26)16-13-20-6-7-21-16/h1-4,6-7,13H,5,8-12H2,(H,22,25). The number of aromatic nitrogens is 2. The van der Waals surface area contributed by atoms with Crippen LogP contribution in [0.25, 0.3) is 0 Å². The van der Waals surface area contributed by atoms with E-state index >= 15 is 0 Å². The fraction of sp³-hybridized carbons (Fsp3) is 0.333. The molecule has 0 spiro atoms. The minimum absolute atomic E-state index is 0.130. The van der Waals surface area contributed by atoms with Crippen molar-refractivity contribution in [2.45, 2.75) is 6.42 Å². The number of benzene rings is 1. The Kier molecular flexibility index (Phi) is 5.85. The lowest BCUT2D eigenvalue weighted by molar-refractivity contribution is -0.116. The minimum Gasteiger partial charge on any atom is -0.335 e. The van der Waals surface area contributed by atoms with Gasteiger partial charge in [-0.05, 0) is 12.1 Å². The molecule has 1 aromatic carbocycles. The highest BCUT2D eigenvalue weighted by Gasteiger charge is 2.23. The van der Waals surface area contributed by atoms with E-state index in [1.54, 1.807) is 17.0 Å². The molecule has 1 saturated heterocycles. The largest absolute Gasteiger partial charge is 0.335 e. The van der Waals surface area contributed by atoms with Crippen molar-refractivity contribution in [3.05, 3.63) is 54.4 Å².